The summed E-state index contributed by atoms with van der Waals surface area (Å²) in [4.78, 5) is 11.4. The molecule has 3 heteroatoms. The van der Waals surface area contributed by atoms with Gasteiger partial charge in [-0.2, -0.15) is 0 Å². The molecule has 0 aromatic rings. The van der Waals surface area contributed by atoms with Gasteiger partial charge in [-0.25, -0.2) is 0 Å². The van der Waals surface area contributed by atoms with Crippen LogP contribution in [0.5, 0.6) is 0 Å². The van der Waals surface area contributed by atoms with Crippen molar-refractivity contribution in [3.05, 3.63) is 10.2 Å². The van der Waals surface area contributed by atoms with Crippen molar-refractivity contribution in [3.63, 3.8) is 0 Å². The zero-order chi connectivity index (χ0) is 9.97. The summed E-state index contributed by atoms with van der Waals surface area (Å²) in [6, 6.07) is 0.614. The quantitative estimate of drug-likeness (QED) is 0.825. The average molecular weight is 258 g/mol. The SMILES string of the molecule is O=C1CCCC(NC2CCCC2)=C1Br. The molecule has 2 aliphatic carbocycles. The van der Waals surface area contributed by atoms with Crippen molar-refractivity contribution in [1.82, 2.24) is 5.32 Å². The first-order valence-electron chi connectivity index (χ1n) is 5.46. The van der Waals surface area contributed by atoms with E-state index in [2.05, 4.69) is 21.2 Å². The minimum atomic E-state index is 0.261. The highest BCUT2D eigenvalue weighted by Crippen LogP contribution is 2.27. The summed E-state index contributed by atoms with van der Waals surface area (Å²) in [7, 11) is 0. The third-order valence-corrected chi connectivity index (χ3v) is 3.99. The Hall–Kier alpha value is -0.310. The molecule has 0 aromatic heterocycles. The van der Waals surface area contributed by atoms with E-state index in [4.69, 9.17) is 0 Å². The second kappa shape index (κ2) is 4.47. The summed E-state index contributed by atoms with van der Waals surface area (Å²) in [5.41, 5.74) is 1.15. The second-order valence-corrected chi connectivity index (χ2v) is 4.99. The Kier molecular flexibility index (Phi) is 3.26. The van der Waals surface area contributed by atoms with E-state index in [0.717, 1.165) is 23.0 Å². The normalized spacial score (nSPS) is 24.5. The van der Waals surface area contributed by atoms with E-state index in [0.29, 0.717) is 12.5 Å². The van der Waals surface area contributed by atoms with Crippen molar-refractivity contribution in [1.29, 1.82) is 0 Å². The molecule has 0 aliphatic heterocycles. The fraction of sp³-hybridized carbons (Fsp3) is 0.727. The molecule has 0 radical (unpaired) electrons. The molecular formula is C11H16BrNO. The summed E-state index contributed by atoms with van der Waals surface area (Å²) in [6.45, 7) is 0. The number of rotatable bonds is 2. The molecule has 2 rings (SSSR count). The summed E-state index contributed by atoms with van der Waals surface area (Å²) in [6.07, 6.45) is 7.92. The summed E-state index contributed by atoms with van der Waals surface area (Å²) >= 11 is 3.39. The molecule has 0 atom stereocenters. The van der Waals surface area contributed by atoms with Crippen molar-refractivity contribution in [2.24, 2.45) is 0 Å². The molecule has 78 valence electrons. The van der Waals surface area contributed by atoms with E-state index < -0.39 is 0 Å². The molecule has 0 saturated heterocycles. The largest absolute Gasteiger partial charge is 0.385 e. The minimum absolute atomic E-state index is 0.261. The Morgan fingerprint density at radius 2 is 1.86 bits per heavy atom. The van der Waals surface area contributed by atoms with Crippen LogP contribution in [0.1, 0.15) is 44.9 Å². The molecule has 1 fully saturated rings. The zero-order valence-corrected chi connectivity index (χ0v) is 9.90. The van der Waals surface area contributed by atoms with Crippen LogP contribution in [0.4, 0.5) is 0 Å². The van der Waals surface area contributed by atoms with Crippen LogP contribution in [0.25, 0.3) is 0 Å². The molecule has 2 aliphatic rings. The van der Waals surface area contributed by atoms with Gasteiger partial charge < -0.3 is 5.32 Å². The highest BCUT2D eigenvalue weighted by atomic mass is 79.9. The molecule has 2 nitrogen and oxygen atoms in total. The number of Topliss-reactive ketones (excluding diaryl/α,β-unsaturated/α-hetero) is 1. The Morgan fingerprint density at radius 1 is 1.14 bits per heavy atom. The van der Waals surface area contributed by atoms with E-state index in [1.165, 1.54) is 25.7 Å². The lowest BCUT2D eigenvalue weighted by Crippen LogP contribution is -2.28. The van der Waals surface area contributed by atoms with Crippen LogP contribution in [0.15, 0.2) is 10.2 Å². The molecular weight excluding hydrogens is 242 g/mol. The molecule has 0 bridgehead atoms. The van der Waals surface area contributed by atoms with E-state index >= 15 is 0 Å². The fourth-order valence-electron chi connectivity index (χ4n) is 2.27. The number of carbonyl (C=O) groups excluding carboxylic acids is 1. The van der Waals surface area contributed by atoms with E-state index in [9.17, 15) is 4.79 Å². The summed E-state index contributed by atoms with van der Waals surface area (Å²) in [5, 5.41) is 3.51. The maximum absolute atomic E-state index is 11.4. The summed E-state index contributed by atoms with van der Waals surface area (Å²) in [5.74, 6) is 0.261. The monoisotopic (exact) mass is 257 g/mol. The zero-order valence-electron chi connectivity index (χ0n) is 8.31. The Balaban J connectivity index is 2.01. The molecule has 1 saturated carbocycles. The number of allylic oxidation sites excluding steroid dienone is 2. The van der Waals surface area contributed by atoms with Gasteiger partial charge in [-0.15, -0.1) is 0 Å². The van der Waals surface area contributed by atoms with Gasteiger partial charge in [-0.05, 0) is 41.6 Å². The Labute approximate surface area is 93.3 Å². The van der Waals surface area contributed by atoms with E-state index in [-0.39, 0.29) is 5.78 Å². The number of hydrogen-bond donors (Lipinski definition) is 1. The molecule has 0 heterocycles. The molecule has 1 N–H and O–H groups in total. The lowest BCUT2D eigenvalue weighted by atomic mass is 10.0. The van der Waals surface area contributed by atoms with Gasteiger partial charge in [0.15, 0.2) is 5.78 Å². The van der Waals surface area contributed by atoms with E-state index in [1.54, 1.807) is 0 Å². The van der Waals surface area contributed by atoms with Gasteiger partial charge in [0, 0.05) is 18.2 Å². The Morgan fingerprint density at radius 3 is 2.57 bits per heavy atom. The first-order valence-corrected chi connectivity index (χ1v) is 6.25. The number of nitrogens with one attached hydrogen (secondary N) is 1. The average Bonchev–Trinajstić information content (AvgIpc) is 2.66. The van der Waals surface area contributed by atoms with Gasteiger partial charge in [0.2, 0.25) is 0 Å². The lowest BCUT2D eigenvalue weighted by molar-refractivity contribution is -0.115. The van der Waals surface area contributed by atoms with Crippen LogP contribution in [-0.2, 0) is 4.79 Å². The van der Waals surface area contributed by atoms with Crippen molar-refractivity contribution in [2.45, 2.75) is 51.0 Å². The first kappa shape index (κ1) is 10.2. The number of ketones is 1. The number of carbonyl (C=O) groups is 1. The van der Waals surface area contributed by atoms with Crippen molar-refractivity contribution < 1.29 is 4.79 Å². The van der Waals surface area contributed by atoms with Crippen LogP contribution >= 0.6 is 15.9 Å². The maximum Gasteiger partial charge on any atom is 0.171 e. The molecule has 0 unspecified atom stereocenters. The third-order valence-electron chi connectivity index (χ3n) is 3.07. The topological polar surface area (TPSA) is 29.1 Å². The summed E-state index contributed by atoms with van der Waals surface area (Å²) < 4.78 is 0.802. The first-order chi connectivity index (χ1) is 6.77. The predicted molar refractivity (Wildman–Crippen MR) is 60.2 cm³/mol. The Bertz CT molecular complexity index is 266. The lowest BCUT2D eigenvalue weighted by Gasteiger charge is -2.21. The van der Waals surface area contributed by atoms with Gasteiger partial charge in [-0.3, -0.25) is 4.79 Å². The number of halogens is 1. The van der Waals surface area contributed by atoms with Gasteiger partial charge in [-0.1, -0.05) is 12.8 Å². The van der Waals surface area contributed by atoms with Crippen molar-refractivity contribution in [3.8, 4) is 0 Å². The highest BCUT2D eigenvalue weighted by Gasteiger charge is 2.22. The van der Waals surface area contributed by atoms with E-state index in [1.807, 2.05) is 0 Å². The van der Waals surface area contributed by atoms with Crippen LogP contribution in [-0.4, -0.2) is 11.8 Å². The molecule has 14 heavy (non-hydrogen) atoms. The smallest absolute Gasteiger partial charge is 0.171 e. The maximum atomic E-state index is 11.4. The van der Waals surface area contributed by atoms with Gasteiger partial charge in [0.1, 0.15) is 0 Å². The van der Waals surface area contributed by atoms with Gasteiger partial charge >= 0.3 is 0 Å². The second-order valence-electron chi connectivity index (χ2n) is 4.19. The van der Waals surface area contributed by atoms with Gasteiger partial charge in [0.25, 0.3) is 0 Å². The standard InChI is InChI=1S/C11H16BrNO/c12-11-9(6-3-7-10(11)14)13-8-4-1-2-5-8/h8,13H,1-7H2. The van der Waals surface area contributed by atoms with Gasteiger partial charge in [0.05, 0.1) is 4.48 Å². The van der Waals surface area contributed by atoms with Crippen molar-refractivity contribution >= 4 is 21.7 Å². The molecule has 0 amide bonds. The van der Waals surface area contributed by atoms with Crippen LogP contribution in [0, 0.1) is 0 Å². The van der Waals surface area contributed by atoms with Crippen LogP contribution in [0.2, 0.25) is 0 Å². The predicted octanol–water partition coefficient (Wildman–Crippen LogP) is 2.88. The third kappa shape index (κ3) is 2.19. The van der Waals surface area contributed by atoms with Crippen molar-refractivity contribution in [2.75, 3.05) is 0 Å². The van der Waals surface area contributed by atoms with Crippen LogP contribution < -0.4 is 5.32 Å². The minimum Gasteiger partial charge on any atom is -0.385 e. The molecule has 0 aromatic carbocycles. The fourth-order valence-corrected chi connectivity index (χ4v) is 2.78. The van der Waals surface area contributed by atoms with Crippen LogP contribution in [0.3, 0.4) is 0 Å². The highest BCUT2D eigenvalue weighted by molar-refractivity contribution is 9.12. The molecule has 0 spiro atoms. The number of hydrogen-bond acceptors (Lipinski definition) is 2.